The lowest BCUT2D eigenvalue weighted by Crippen LogP contribution is -1.91. The normalized spacial score (nSPS) is 12.1. The van der Waals surface area contributed by atoms with Crippen molar-refractivity contribution in [2.45, 2.75) is 13.8 Å². The zero-order valence-electron chi connectivity index (χ0n) is 12.8. The second-order valence-electron chi connectivity index (χ2n) is 6.31. The smallest absolute Gasteiger partial charge is 0.00150 e. The van der Waals surface area contributed by atoms with E-state index >= 15 is 0 Å². The summed E-state index contributed by atoms with van der Waals surface area (Å²) in [6.45, 7) is 4.49. The Kier molecular flexibility index (Phi) is 2.17. The summed E-state index contributed by atoms with van der Waals surface area (Å²) in [6.07, 6.45) is 0. The van der Waals surface area contributed by atoms with Crippen molar-refractivity contribution in [3.8, 4) is 0 Å². The fraction of sp³-hybridized carbons (Fsp3) is 0.0909. The van der Waals surface area contributed by atoms with Crippen molar-refractivity contribution in [2.75, 3.05) is 0 Å². The molecule has 0 saturated carbocycles. The Bertz CT molecular complexity index is 1180. The van der Waals surface area contributed by atoms with E-state index in [2.05, 4.69) is 74.5 Å². The molecule has 0 saturated heterocycles. The van der Waals surface area contributed by atoms with Crippen LogP contribution in [0, 0.1) is 13.8 Å². The molecule has 5 aromatic rings. The van der Waals surface area contributed by atoms with Gasteiger partial charge in [0.1, 0.15) is 0 Å². The van der Waals surface area contributed by atoms with Gasteiger partial charge in [-0.15, -0.1) is 0 Å². The predicted octanol–water partition coefficient (Wildman–Crippen LogP) is 6.35. The Hall–Kier alpha value is -2.60. The van der Waals surface area contributed by atoms with Crippen LogP contribution in [0.15, 0.2) is 60.7 Å². The summed E-state index contributed by atoms with van der Waals surface area (Å²) in [4.78, 5) is 0. The van der Waals surface area contributed by atoms with Crippen molar-refractivity contribution in [2.24, 2.45) is 0 Å². The van der Waals surface area contributed by atoms with E-state index in [9.17, 15) is 0 Å². The number of hydrogen-bond donors (Lipinski definition) is 0. The summed E-state index contributed by atoms with van der Waals surface area (Å²) in [6, 6.07) is 22.3. The van der Waals surface area contributed by atoms with Crippen molar-refractivity contribution < 1.29 is 0 Å². The van der Waals surface area contributed by atoms with Crippen LogP contribution in [0.3, 0.4) is 0 Å². The van der Waals surface area contributed by atoms with Crippen molar-refractivity contribution in [3.63, 3.8) is 0 Å². The van der Waals surface area contributed by atoms with E-state index in [1.165, 1.54) is 54.2 Å². The van der Waals surface area contributed by atoms with Crippen LogP contribution in [0.5, 0.6) is 0 Å². The summed E-state index contributed by atoms with van der Waals surface area (Å²) < 4.78 is 0. The van der Waals surface area contributed by atoms with Crippen LogP contribution < -0.4 is 0 Å². The summed E-state index contributed by atoms with van der Waals surface area (Å²) in [5.41, 5.74) is 2.76. The Labute approximate surface area is 129 Å². The van der Waals surface area contributed by atoms with E-state index in [4.69, 9.17) is 0 Å². The number of benzene rings is 5. The van der Waals surface area contributed by atoms with E-state index in [0.29, 0.717) is 0 Å². The van der Waals surface area contributed by atoms with Crippen LogP contribution in [0.1, 0.15) is 11.1 Å². The monoisotopic (exact) mass is 280 g/mol. The molecule has 22 heavy (non-hydrogen) atoms. The molecule has 0 nitrogen and oxygen atoms in total. The van der Waals surface area contributed by atoms with Crippen LogP contribution >= 0.6 is 0 Å². The average molecular weight is 280 g/mol. The SMILES string of the molecule is Cc1c2ccccc2c2c(C)cc3cccc4ccc1c2c43. The molecular weight excluding hydrogens is 264 g/mol. The minimum atomic E-state index is 1.34. The zero-order chi connectivity index (χ0) is 14.8. The second-order valence-corrected chi connectivity index (χ2v) is 6.31. The Morgan fingerprint density at radius 3 is 2.18 bits per heavy atom. The van der Waals surface area contributed by atoms with Crippen LogP contribution in [0.2, 0.25) is 0 Å². The first kappa shape index (κ1) is 12.0. The first-order valence-electron chi connectivity index (χ1n) is 7.81. The highest BCUT2D eigenvalue weighted by atomic mass is 14.2. The topological polar surface area (TPSA) is 0 Å². The number of rotatable bonds is 0. The van der Waals surface area contributed by atoms with Gasteiger partial charge in [0.05, 0.1) is 0 Å². The van der Waals surface area contributed by atoms with Gasteiger partial charge in [0.25, 0.3) is 0 Å². The van der Waals surface area contributed by atoms with Gasteiger partial charge in [-0.1, -0.05) is 60.7 Å². The molecule has 0 amide bonds. The van der Waals surface area contributed by atoms with E-state index in [-0.39, 0.29) is 0 Å². The van der Waals surface area contributed by atoms with Gasteiger partial charge in [-0.3, -0.25) is 0 Å². The quantitative estimate of drug-likeness (QED) is 0.229. The Morgan fingerprint density at radius 2 is 1.32 bits per heavy atom. The van der Waals surface area contributed by atoms with Crippen LogP contribution in [-0.2, 0) is 0 Å². The lowest BCUT2D eigenvalue weighted by Gasteiger charge is -2.17. The van der Waals surface area contributed by atoms with Crippen molar-refractivity contribution in [1.29, 1.82) is 0 Å². The third-order valence-electron chi connectivity index (χ3n) is 5.10. The standard InChI is InChI=1S/C22H16/c1-13-12-16-7-5-6-15-10-11-18-14(2)17-8-3-4-9-19(17)20(13)22(18)21(15)16/h3-12H,1-2H3. The van der Waals surface area contributed by atoms with Gasteiger partial charge in [-0.05, 0) is 68.1 Å². The maximum Gasteiger partial charge on any atom is -0.00150 e. The molecule has 0 aliphatic carbocycles. The molecule has 5 rings (SSSR count). The molecule has 0 heterocycles. The third kappa shape index (κ3) is 1.33. The van der Waals surface area contributed by atoms with Crippen molar-refractivity contribution in [3.05, 3.63) is 71.8 Å². The maximum absolute atomic E-state index is 2.34. The summed E-state index contributed by atoms with van der Waals surface area (Å²) in [5.74, 6) is 0. The second kappa shape index (κ2) is 3.98. The van der Waals surface area contributed by atoms with Gasteiger partial charge in [0.2, 0.25) is 0 Å². The molecule has 0 aliphatic rings. The molecule has 0 aromatic heterocycles. The number of fused-ring (bicyclic) bond motifs is 2. The number of hydrogen-bond acceptors (Lipinski definition) is 0. The molecule has 0 N–H and O–H groups in total. The molecule has 0 atom stereocenters. The van der Waals surface area contributed by atoms with Crippen LogP contribution in [0.4, 0.5) is 0 Å². The van der Waals surface area contributed by atoms with Crippen molar-refractivity contribution >= 4 is 43.1 Å². The highest BCUT2D eigenvalue weighted by molar-refractivity contribution is 6.30. The number of aryl methyl sites for hydroxylation is 2. The van der Waals surface area contributed by atoms with Gasteiger partial charge in [-0.25, -0.2) is 0 Å². The van der Waals surface area contributed by atoms with Crippen molar-refractivity contribution in [1.82, 2.24) is 0 Å². The molecule has 104 valence electrons. The van der Waals surface area contributed by atoms with Crippen LogP contribution in [-0.4, -0.2) is 0 Å². The van der Waals surface area contributed by atoms with Gasteiger partial charge in [-0.2, -0.15) is 0 Å². The molecule has 5 aromatic carbocycles. The fourth-order valence-corrected chi connectivity index (χ4v) is 4.12. The highest BCUT2D eigenvalue weighted by Crippen LogP contribution is 2.41. The van der Waals surface area contributed by atoms with E-state index in [1.807, 2.05) is 0 Å². The molecule has 0 spiro atoms. The molecule has 0 heteroatoms. The maximum atomic E-state index is 2.34. The molecular formula is C22H16. The summed E-state index contributed by atoms with van der Waals surface area (Å²) in [5, 5.41) is 11.1. The minimum absolute atomic E-state index is 1.34. The summed E-state index contributed by atoms with van der Waals surface area (Å²) in [7, 11) is 0. The minimum Gasteiger partial charge on any atom is -0.0616 e. The van der Waals surface area contributed by atoms with E-state index < -0.39 is 0 Å². The first-order chi connectivity index (χ1) is 10.8. The van der Waals surface area contributed by atoms with Gasteiger partial charge >= 0.3 is 0 Å². The van der Waals surface area contributed by atoms with Gasteiger partial charge < -0.3 is 0 Å². The van der Waals surface area contributed by atoms with Gasteiger partial charge in [0.15, 0.2) is 0 Å². The molecule has 0 fully saturated rings. The Balaban J connectivity index is 2.29. The third-order valence-corrected chi connectivity index (χ3v) is 5.10. The van der Waals surface area contributed by atoms with Gasteiger partial charge in [0, 0.05) is 0 Å². The zero-order valence-corrected chi connectivity index (χ0v) is 12.8. The molecule has 0 radical (unpaired) electrons. The molecule has 0 unspecified atom stereocenters. The lowest BCUT2D eigenvalue weighted by atomic mass is 9.86. The molecule has 0 aliphatic heterocycles. The molecule has 0 bridgehead atoms. The van der Waals surface area contributed by atoms with E-state index in [1.54, 1.807) is 0 Å². The first-order valence-corrected chi connectivity index (χ1v) is 7.81. The fourth-order valence-electron chi connectivity index (χ4n) is 4.12. The predicted molar refractivity (Wildman–Crippen MR) is 97.1 cm³/mol. The van der Waals surface area contributed by atoms with E-state index in [0.717, 1.165) is 0 Å². The largest absolute Gasteiger partial charge is 0.0616 e. The summed E-state index contributed by atoms with van der Waals surface area (Å²) >= 11 is 0. The highest BCUT2D eigenvalue weighted by Gasteiger charge is 2.15. The van der Waals surface area contributed by atoms with Crippen LogP contribution in [0.25, 0.3) is 43.1 Å². The Morgan fingerprint density at radius 1 is 0.545 bits per heavy atom. The lowest BCUT2D eigenvalue weighted by molar-refractivity contribution is 1.55. The average Bonchev–Trinajstić information content (AvgIpc) is 2.55.